The van der Waals surface area contributed by atoms with Crippen LogP contribution in [0.2, 0.25) is 0 Å². The van der Waals surface area contributed by atoms with Crippen molar-refractivity contribution < 1.29 is 18.0 Å². The maximum Gasteiger partial charge on any atom is 0.223 e. The van der Waals surface area contributed by atoms with Crippen molar-refractivity contribution in [3.8, 4) is 11.3 Å². The van der Waals surface area contributed by atoms with E-state index in [9.17, 15) is 13.6 Å². The number of aromatic nitrogens is 1. The number of carbonyl (C=O) groups excluding carboxylic acids is 1. The van der Waals surface area contributed by atoms with E-state index in [0.29, 0.717) is 5.89 Å². The molecule has 156 valence electrons. The summed E-state index contributed by atoms with van der Waals surface area (Å²) in [4.78, 5) is 18.9. The third-order valence-electron chi connectivity index (χ3n) is 5.80. The van der Waals surface area contributed by atoms with E-state index in [2.05, 4.69) is 37.0 Å². The second-order valence-corrected chi connectivity index (χ2v) is 7.80. The van der Waals surface area contributed by atoms with E-state index in [1.807, 2.05) is 4.90 Å². The van der Waals surface area contributed by atoms with Crippen LogP contribution >= 0.6 is 0 Å². The van der Waals surface area contributed by atoms with Gasteiger partial charge in [-0.2, -0.15) is 0 Å². The molecule has 1 atom stereocenters. The average Bonchev–Trinajstić information content (AvgIpc) is 3.38. The summed E-state index contributed by atoms with van der Waals surface area (Å²) in [6, 6.07) is 10.1. The Balaban J connectivity index is 1.43. The van der Waals surface area contributed by atoms with Gasteiger partial charge >= 0.3 is 0 Å². The molecule has 4 nitrogen and oxygen atoms in total. The van der Waals surface area contributed by atoms with Crippen molar-refractivity contribution in [2.45, 2.75) is 45.6 Å². The standard InChI is InChI=1S/C24H24F2N2O2/c1-15-8-9-17(13-16(15)2)20-7-4-12-28(20)23(29)11-10-22-27-14-21(30-22)24-18(25)5-3-6-19(24)26/h3,5-6,8-9,13-14,20H,4,7,10-12H2,1-2H3/t20-/m0/s1. The lowest BCUT2D eigenvalue weighted by Gasteiger charge is -2.25. The number of benzene rings is 2. The van der Waals surface area contributed by atoms with Crippen LogP contribution in [-0.4, -0.2) is 22.3 Å². The Morgan fingerprint density at radius 1 is 1.17 bits per heavy atom. The normalized spacial score (nSPS) is 16.3. The van der Waals surface area contributed by atoms with Gasteiger partial charge in [0.15, 0.2) is 11.7 Å². The Hall–Kier alpha value is -3.02. The van der Waals surface area contributed by atoms with E-state index in [-0.39, 0.29) is 36.1 Å². The number of rotatable bonds is 5. The Labute approximate surface area is 174 Å². The smallest absolute Gasteiger partial charge is 0.223 e. The zero-order valence-electron chi connectivity index (χ0n) is 17.1. The molecule has 2 aromatic carbocycles. The highest BCUT2D eigenvalue weighted by molar-refractivity contribution is 5.77. The molecular formula is C24H24F2N2O2. The number of oxazole rings is 1. The van der Waals surface area contributed by atoms with E-state index in [4.69, 9.17) is 4.42 Å². The van der Waals surface area contributed by atoms with Gasteiger partial charge in [-0.3, -0.25) is 4.79 Å². The second kappa shape index (κ2) is 8.38. The van der Waals surface area contributed by atoms with Crippen LogP contribution in [0.1, 0.15) is 47.9 Å². The van der Waals surface area contributed by atoms with Gasteiger partial charge in [0.25, 0.3) is 0 Å². The summed E-state index contributed by atoms with van der Waals surface area (Å²) in [7, 11) is 0. The van der Waals surface area contributed by atoms with Crippen molar-refractivity contribution in [3.05, 3.63) is 76.8 Å². The summed E-state index contributed by atoms with van der Waals surface area (Å²) < 4.78 is 33.4. The first-order valence-electron chi connectivity index (χ1n) is 10.2. The van der Waals surface area contributed by atoms with Crippen LogP contribution < -0.4 is 0 Å². The van der Waals surface area contributed by atoms with Crippen LogP contribution in [0.5, 0.6) is 0 Å². The van der Waals surface area contributed by atoms with Gasteiger partial charge < -0.3 is 9.32 Å². The third kappa shape index (κ3) is 3.99. The van der Waals surface area contributed by atoms with E-state index in [1.54, 1.807) is 0 Å². The molecule has 1 fully saturated rings. The number of hydrogen-bond donors (Lipinski definition) is 0. The molecular weight excluding hydrogens is 386 g/mol. The van der Waals surface area contributed by atoms with E-state index in [1.165, 1.54) is 35.5 Å². The summed E-state index contributed by atoms with van der Waals surface area (Å²) in [5, 5.41) is 0. The van der Waals surface area contributed by atoms with E-state index >= 15 is 0 Å². The Bertz CT molecular complexity index is 1060. The minimum atomic E-state index is -0.706. The average molecular weight is 410 g/mol. The lowest BCUT2D eigenvalue weighted by atomic mass is 9.99. The number of nitrogens with zero attached hydrogens (tertiary/aromatic N) is 2. The zero-order valence-corrected chi connectivity index (χ0v) is 17.1. The summed E-state index contributed by atoms with van der Waals surface area (Å²) in [6.07, 6.45) is 3.74. The number of likely N-dealkylation sites (tertiary alicyclic amines) is 1. The van der Waals surface area contributed by atoms with Crippen LogP contribution in [0.15, 0.2) is 47.0 Å². The molecule has 0 aliphatic carbocycles. The van der Waals surface area contributed by atoms with E-state index < -0.39 is 11.6 Å². The maximum absolute atomic E-state index is 13.9. The van der Waals surface area contributed by atoms with Crippen molar-refractivity contribution in [1.82, 2.24) is 9.88 Å². The molecule has 1 aromatic heterocycles. The fourth-order valence-corrected chi connectivity index (χ4v) is 4.02. The molecule has 0 radical (unpaired) electrons. The molecule has 0 bridgehead atoms. The van der Waals surface area contributed by atoms with E-state index in [0.717, 1.165) is 24.9 Å². The van der Waals surface area contributed by atoms with Crippen molar-refractivity contribution >= 4 is 5.91 Å². The molecule has 0 N–H and O–H groups in total. The molecule has 1 aliphatic rings. The Morgan fingerprint density at radius 2 is 1.93 bits per heavy atom. The first-order valence-corrected chi connectivity index (χ1v) is 10.2. The largest absolute Gasteiger partial charge is 0.441 e. The molecule has 0 saturated carbocycles. The van der Waals surface area contributed by atoms with Gasteiger partial charge in [-0.25, -0.2) is 13.8 Å². The fourth-order valence-electron chi connectivity index (χ4n) is 4.02. The summed E-state index contributed by atoms with van der Waals surface area (Å²) in [6.45, 7) is 4.89. The van der Waals surface area contributed by atoms with Crippen LogP contribution in [-0.2, 0) is 11.2 Å². The van der Waals surface area contributed by atoms with Crippen LogP contribution in [0.25, 0.3) is 11.3 Å². The maximum atomic E-state index is 13.9. The van der Waals surface area contributed by atoms with Crippen molar-refractivity contribution in [3.63, 3.8) is 0 Å². The molecule has 1 aliphatic heterocycles. The fraction of sp³-hybridized carbons (Fsp3) is 0.333. The van der Waals surface area contributed by atoms with Crippen molar-refractivity contribution in [1.29, 1.82) is 0 Å². The molecule has 0 spiro atoms. The Morgan fingerprint density at radius 3 is 2.67 bits per heavy atom. The first kappa shape index (κ1) is 20.3. The monoisotopic (exact) mass is 410 g/mol. The molecule has 30 heavy (non-hydrogen) atoms. The van der Waals surface area contributed by atoms with Gasteiger partial charge in [-0.1, -0.05) is 24.3 Å². The molecule has 2 heterocycles. The number of hydrogen-bond acceptors (Lipinski definition) is 3. The van der Waals surface area contributed by atoms with Gasteiger partial charge in [-0.05, 0) is 55.5 Å². The minimum absolute atomic E-state index is 0.0298. The second-order valence-electron chi connectivity index (χ2n) is 7.80. The highest BCUT2D eigenvalue weighted by Crippen LogP contribution is 2.33. The van der Waals surface area contributed by atoms with Crippen LogP contribution in [0, 0.1) is 25.5 Å². The van der Waals surface area contributed by atoms with Crippen molar-refractivity contribution in [2.75, 3.05) is 6.54 Å². The summed E-state index contributed by atoms with van der Waals surface area (Å²) >= 11 is 0. The van der Waals surface area contributed by atoms with Gasteiger partial charge in [0, 0.05) is 19.4 Å². The number of aryl methyl sites for hydroxylation is 3. The lowest BCUT2D eigenvalue weighted by Crippen LogP contribution is -2.30. The first-order chi connectivity index (χ1) is 14.4. The molecule has 4 rings (SSSR count). The van der Waals surface area contributed by atoms with Gasteiger partial charge in [0.1, 0.15) is 11.6 Å². The highest BCUT2D eigenvalue weighted by Gasteiger charge is 2.30. The summed E-state index contributed by atoms with van der Waals surface area (Å²) in [5.74, 6) is -1.05. The Kier molecular flexibility index (Phi) is 5.66. The van der Waals surface area contributed by atoms with Gasteiger partial charge in [0.05, 0.1) is 17.8 Å². The topological polar surface area (TPSA) is 46.3 Å². The van der Waals surface area contributed by atoms with Crippen LogP contribution in [0.3, 0.4) is 0 Å². The predicted octanol–water partition coefficient (Wildman–Crippen LogP) is 5.53. The zero-order chi connectivity index (χ0) is 21.3. The summed E-state index contributed by atoms with van der Waals surface area (Å²) in [5.41, 5.74) is 3.38. The number of amides is 1. The lowest BCUT2D eigenvalue weighted by molar-refractivity contribution is -0.132. The quantitative estimate of drug-likeness (QED) is 0.555. The highest BCUT2D eigenvalue weighted by atomic mass is 19.1. The molecule has 1 amide bonds. The van der Waals surface area contributed by atoms with Gasteiger partial charge in [-0.15, -0.1) is 0 Å². The number of carbonyl (C=O) groups is 1. The SMILES string of the molecule is Cc1ccc([C@@H]2CCCN2C(=O)CCc2ncc(-c3c(F)cccc3F)o2)cc1C. The third-order valence-corrected chi connectivity index (χ3v) is 5.80. The number of halogens is 2. The van der Waals surface area contributed by atoms with Crippen LogP contribution in [0.4, 0.5) is 8.78 Å². The molecule has 0 unspecified atom stereocenters. The molecule has 3 aromatic rings. The minimum Gasteiger partial charge on any atom is -0.441 e. The predicted molar refractivity (Wildman–Crippen MR) is 110 cm³/mol. The van der Waals surface area contributed by atoms with Crippen molar-refractivity contribution in [2.24, 2.45) is 0 Å². The van der Waals surface area contributed by atoms with Gasteiger partial charge in [0.2, 0.25) is 5.91 Å². The molecule has 6 heteroatoms. The molecule has 1 saturated heterocycles.